The number of hydrogen-bond donors (Lipinski definition) is 1. The summed E-state index contributed by atoms with van der Waals surface area (Å²) in [6, 6.07) is 9.86. The normalized spacial score (nSPS) is 19.6. The highest BCUT2D eigenvalue weighted by Crippen LogP contribution is 2.22. The topological polar surface area (TPSA) is 67.1 Å². The summed E-state index contributed by atoms with van der Waals surface area (Å²) in [6.07, 6.45) is 2.13. The van der Waals surface area contributed by atoms with Crippen LogP contribution in [-0.4, -0.2) is 45.0 Å². The molecule has 1 aromatic carbocycles. The molecule has 6 nitrogen and oxygen atoms in total. The van der Waals surface area contributed by atoms with Gasteiger partial charge in [-0.3, -0.25) is 0 Å². The van der Waals surface area contributed by atoms with Crippen LogP contribution in [0.15, 0.2) is 30.3 Å². The second kappa shape index (κ2) is 5.36. The highest BCUT2D eigenvalue weighted by atomic mass is 16.3. The summed E-state index contributed by atoms with van der Waals surface area (Å²) in [6.45, 7) is 1.97. The van der Waals surface area contributed by atoms with Gasteiger partial charge in [0.25, 0.3) is 0 Å². The van der Waals surface area contributed by atoms with Crippen LogP contribution in [0, 0.1) is 5.92 Å². The highest BCUT2D eigenvalue weighted by Gasteiger charge is 2.23. The average molecular weight is 259 g/mol. The Morgan fingerprint density at radius 1 is 1.26 bits per heavy atom. The lowest BCUT2D eigenvalue weighted by atomic mass is 9.99. The van der Waals surface area contributed by atoms with E-state index in [2.05, 4.69) is 20.4 Å². The lowest BCUT2D eigenvalue weighted by Gasteiger charge is -2.31. The molecule has 0 radical (unpaired) electrons. The van der Waals surface area contributed by atoms with Gasteiger partial charge < -0.3 is 10.0 Å². The molecular formula is C13H17N5O. The molecule has 0 saturated carbocycles. The molecule has 1 atom stereocenters. The van der Waals surface area contributed by atoms with E-state index in [4.69, 9.17) is 0 Å². The van der Waals surface area contributed by atoms with Crippen LogP contribution in [0.3, 0.4) is 0 Å². The fourth-order valence-electron chi connectivity index (χ4n) is 2.51. The van der Waals surface area contributed by atoms with Crippen molar-refractivity contribution in [2.75, 3.05) is 24.6 Å². The summed E-state index contributed by atoms with van der Waals surface area (Å²) >= 11 is 0. The van der Waals surface area contributed by atoms with Gasteiger partial charge in [-0.05, 0) is 41.3 Å². The number of benzene rings is 1. The largest absolute Gasteiger partial charge is 0.396 e. The molecule has 2 aromatic rings. The third-order valence-corrected chi connectivity index (χ3v) is 3.51. The van der Waals surface area contributed by atoms with E-state index >= 15 is 0 Å². The van der Waals surface area contributed by atoms with Crippen LogP contribution < -0.4 is 4.90 Å². The van der Waals surface area contributed by atoms with Gasteiger partial charge in [0.1, 0.15) is 0 Å². The van der Waals surface area contributed by atoms with Crippen LogP contribution in [0.1, 0.15) is 12.8 Å². The summed E-state index contributed by atoms with van der Waals surface area (Å²) in [5, 5.41) is 21.3. The first-order valence-electron chi connectivity index (χ1n) is 6.58. The first kappa shape index (κ1) is 12.1. The number of rotatable bonds is 3. The fourth-order valence-corrected chi connectivity index (χ4v) is 2.51. The fraction of sp³-hybridized carbons (Fsp3) is 0.462. The number of aliphatic hydroxyl groups excluding tert-OH is 1. The Balaban J connectivity index is 1.88. The van der Waals surface area contributed by atoms with Gasteiger partial charge in [-0.25, -0.2) is 0 Å². The van der Waals surface area contributed by atoms with E-state index < -0.39 is 0 Å². The van der Waals surface area contributed by atoms with Gasteiger partial charge >= 0.3 is 0 Å². The zero-order valence-electron chi connectivity index (χ0n) is 10.7. The number of piperidine rings is 1. The van der Waals surface area contributed by atoms with E-state index in [1.165, 1.54) is 0 Å². The van der Waals surface area contributed by atoms with Crippen molar-refractivity contribution in [3.05, 3.63) is 30.3 Å². The number of tetrazole rings is 1. The predicted octanol–water partition coefficient (Wildman–Crippen LogP) is 0.871. The maximum Gasteiger partial charge on any atom is 0.250 e. The van der Waals surface area contributed by atoms with Crippen LogP contribution in [0.2, 0.25) is 0 Å². The maximum atomic E-state index is 9.31. The number of anilines is 1. The third-order valence-electron chi connectivity index (χ3n) is 3.51. The Bertz CT molecular complexity index is 527. The smallest absolute Gasteiger partial charge is 0.250 e. The number of nitrogens with zero attached hydrogens (tertiary/aromatic N) is 5. The number of hydrogen-bond acceptors (Lipinski definition) is 5. The van der Waals surface area contributed by atoms with Crippen molar-refractivity contribution in [2.24, 2.45) is 5.92 Å². The molecule has 0 bridgehead atoms. The first-order chi connectivity index (χ1) is 9.38. The van der Waals surface area contributed by atoms with Gasteiger partial charge in [-0.1, -0.05) is 23.3 Å². The predicted molar refractivity (Wildman–Crippen MR) is 71.2 cm³/mol. The Kier molecular flexibility index (Phi) is 3.41. The molecule has 1 fully saturated rings. The number of para-hydroxylation sites is 1. The number of aliphatic hydroxyl groups is 1. The molecule has 1 aliphatic rings. The van der Waals surface area contributed by atoms with Gasteiger partial charge in [-0.15, -0.1) is 0 Å². The van der Waals surface area contributed by atoms with Gasteiger partial charge in [0.05, 0.1) is 5.69 Å². The van der Waals surface area contributed by atoms with Gasteiger partial charge in [0, 0.05) is 19.7 Å². The Morgan fingerprint density at radius 2 is 2.11 bits per heavy atom. The zero-order valence-corrected chi connectivity index (χ0v) is 10.7. The second-order valence-corrected chi connectivity index (χ2v) is 4.86. The Morgan fingerprint density at radius 3 is 2.89 bits per heavy atom. The molecule has 1 aliphatic heterocycles. The van der Waals surface area contributed by atoms with Crippen molar-refractivity contribution < 1.29 is 5.11 Å². The second-order valence-electron chi connectivity index (χ2n) is 4.86. The van der Waals surface area contributed by atoms with Crippen molar-refractivity contribution in [1.82, 2.24) is 20.2 Å². The summed E-state index contributed by atoms with van der Waals surface area (Å²) in [5.74, 6) is 1.07. The van der Waals surface area contributed by atoms with Crippen molar-refractivity contribution in [3.63, 3.8) is 0 Å². The molecule has 1 N–H and O–H groups in total. The molecule has 3 rings (SSSR count). The van der Waals surface area contributed by atoms with Crippen LogP contribution >= 0.6 is 0 Å². The minimum absolute atomic E-state index is 0.226. The van der Waals surface area contributed by atoms with Crippen molar-refractivity contribution in [1.29, 1.82) is 0 Å². The minimum Gasteiger partial charge on any atom is -0.396 e. The van der Waals surface area contributed by atoms with E-state index in [0.29, 0.717) is 5.92 Å². The van der Waals surface area contributed by atoms with Crippen LogP contribution in [0.25, 0.3) is 5.69 Å². The molecule has 6 heteroatoms. The molecule has 1 aromatic heterocycles. The summed E-state index contributed by atoms with van der Waals surface area (Å²) in [5.41, 5.74) is 0.952. The molecule has 0 spiro atoms. The lowest BCUT2D eigenvalue weighted by molar-refractivity contribution is 0.208. The van der Waals surface area contributed by atoms with E-state index in [9.17, 15) is 5.11 Å². The van der Waals surface area contributed by atoms with E-state index in [1.807, 2.05) is 30.3 Å². The van der Waals surface area contributed by atoms with Gasteiger partial charge in [0.2, 0.25) is 5.95 Å². The molecule has 0 amide bonds. The van der Waals surface area contributed by atoms with Gasteiger partial charge in [-0.2, -0.15) is 4.68 Å². The standard InChI is InChI=1S/C13H17N5O/c19-10-11-5-4-8-17(9-11)13-14-15-16-18(13)12-6-2-1-3-7-12/h1-3,6-7,11,19H,4-5,8-10H2/t11-/m1/s1. The highest BCUT2D eigenvalue weighted by molar-refractivity contribution is 5.40. The van der Waals surface area contributed by atoms with Crippen molar-refractivity contribution in [2.45, 2.75) is 12.8 Å². The minimum atomic E-state index is 0.226. The third kappa shape index (κ3) is 2.44. The molecule has 2 heterocycles. The van der Waals surface area contributed by atoms with E-state index in [0.717, 1.165) is 37.6 Å². The molecule has 19 heavy (non-hydrogen) atoms. The molecule has 0 aliphatic carbocycles. The summed E-state index contributed by atoms with van der Waals surface area (Å²) in [4.78, 5) is 2.15. The van der Waals surface area contributed by atoms with E-state index in [-0.39, 0.29) is 6.61 Å². The first-order valence-corrected chi connectivity index (χ1v) is 6.58. The van der Waals surface area contributed by atoms with E-state index in [1.54, 1.807) is 4.68 Å². The molecule has 0 unspecified atom stereocenters. The van der Waals surface area contributed by atoms with Crippen LogP contribution in [0.5, 0.6) is 0 Å². The summed E-state index contributed by atoms with van der Waals surface area (Å²) < 4.78 is 1.75. The average Bonchev–Trinajstić information content (AvgIpc) is 2.98. The monoisotopic (exact) mass is 259 g/mol. The van der Waals surface area contributed by atoms with Crippen molar-refractivity contribution >= 4 is 5.95 Å². The Labute approximate surface area is 111 Å². The SMILES string of the molecule is OC[C@@H]1CCCN(c2nnnn2-c2ccccc2)C1. The lowest BCUT2D eigenvalue weighted by Crippen LogP contribution is -2.38. The number of aromatic nitrogens is 4. The molecule has 1 saturated heterocycles. The quantitative estimate of drug-likeness (QED) is 0.886. The van der Waals surface area contributed by atoms with Crippen LogP contribution in [-0.2, 0) is 0 Å². The molecule has 100 valence electrons. The molecular weight excluding hydrogens is 242 g/mol. The van der Waals surface area contributed by atoms with Gasteiger partial charge in [0.15, 0.2) is 0 Å². The maximum absolute atomic E-state index is 9.31. The van der Waals surface area contributed by atoms with Crippen molar-refractivity contribution in [3.8, 4) is 5.69 Å². The van der Waals surface area contributed by atoms with Crippen LogP contribution in [0.4, 0.5) is 5.95 Å². The summed E-state index contributed by atoms with van der Waals surface area (Å²) in [7, 11) is 0. The zero-order chi connectivity index (χ0) is 13.1. The Hall–Kier alpha value is -1.95.